The first-order valence-electron chi connectivity index (χ1n) is 5.22. The average Bonchev–Trinajstić information content (AvgIpc) is 2.38. The molecule has 0 aliphatic carbocycles. The maximum atomic E-state index is 7.43. The van der Waals surface area contributed by atoms with Crippen molar-refractivity contribution in [3.05, 3.63) is 59.9 Å². The minimum Gasteiger partial charge on any atom is -0.487 e. The highest BCUT2D eigenvalue weighted by atomic mass is 16.5. The molecule has 1 aromatic carbocycles. The Kier molecular flexibility index (Phi) is 3.35. The second-order valence-electron chi connectivity index (χ2n) is 3.56. The molecule has 0 fully saturated rings. The number of nitrogens with zero attached hydrogens (tertiary/aromatic N) is 1. The minimum absolute atomic E-state index is 0.0181. The number of ether oxygens (including phenoxy) is 1. The first kappa shape index (κ1) is 11.1. The van der Waals surface area contributed by atoms with Gasteiger partial charge in [0.25, 0.3) is 0 Å². The van der Waals surface area contributed by atoms with Crippen LogP contribution in [-0.2, 0) is 6.61 Å². The summed E-state index contributed by atoms with van der Waals surface area (Å²) in [4.78, 5) is 3.96. The van der Waals surface area contributed by atoms with Crippen LogP contribution in [0.1, 0.15) is 11.1 Å². The van der Waals surface area contributed by atoms with E-state index in [0.717, 1.165) is 5.56 Å². The van der Waals surface area contributed by atoms with Gasteiger partial charge in [-0.25, -0.2) is 0 Å². The summed E-state index contributed by atoms with van der Waals surface area (Å²) in [6.07, 6.45) is 3.16. The Balaban J connectivity index is 2.12. The van der Waals surface area contributed by atoms with Crippen LogP contribution in [0.25, 0.3) is 0 Å². The van der Waals surface area contributed by atoms with Gasteiger partial charge in [0.05, 0.1) is 11.8 Å². The first-order chi connectivity index (χ1) is 8.27. The lowest BCUT2D eigenvalue weighted by Crippen LogP contribution is -2.13. The van der Waals surface area contributed by atoms with Crippen LogP contribution in [0.15, 0.2) is 48.8 Å². The van der Waals surface area contributed by atoms with Crippen molar-refractivity contribution in [2.75, 3.05) is 0 Å². The number of nitrogen functional groups attached to an aromatic ring is 1. The Morgan fingerprint density at radius 1 is 1.24 bits per heavy atom. The van der Waals surface area contributed by atoms with Crippen LogP contribution in [0.2, 0.25) is 0 Å². The number of rotatable bonds is 4. The highest BCUT2D eigenvalue weighted by Crippen LogP contribution is 2.17. The van der Waals surface area contributed by atoms with Crippen LogP contribution in [0.4, 0.5) is 0 Å². The molecule has 0 aliphatic rings. The summed E-state index contributed by atoms with van der Waals surface area (Å²) in [5.41, 5.74) is 7.09. The summed E-state index contributed by atoms with van der Waals surface area (Å²) < 4.78 is 5.60. The van der Waals surface area contributed by atoms with Crippen LogP contribution in [-0.4, -0.2) is 10.8 Å². The standard InChI is InChI=1S/C13H13N3O/c14-13(15)11-6-7-16-8-12(11)17-9-10-4-2-1-3-5-10/h1-8H,9H2,(H3,14,15). The van der Waals surface area contributed by atoms with E-state index in [-0.39, 0.29) is 5.84 Å². The van der Waals surface area contributed by atoms with Crippen LogP contribution in [0.5, 0.6) is 5.75 Å². The summed E-state index contributed by atoms with van der Waals surface area (Å²) in [5, 5.41) is 7.43. The van der Waals surface area contributed by atoms with Gasteiger partial charge in [0.15, 0.2) is 0 Å². The lowest BCUT2D eigenvalue weighted by molar-refractivity contribution is 0.304. The van der Waals surface area contributed by atoms with E-state index in [4.69, 9.17) is 15.9 Å². The monoisotopic (exact) mass is 227 g/mol. The normalized spacial score (nSPS) is 9.88. The summed E-state index contributed by atoms with van der Waals surface area (Å²) >= 11 is 0. The summed E-state index contributed by atoms with van der Waals surface area (Å²) in [6.45, 7) is 0.437. The van der Waals surface area contributed by atoms with Gasteiger partial charge in [-0.3, -0.25) is 10.4 Å². The van der Waals surface area contributed by atoms with Crippen molar-refractivity contribution in [3.63, 3.8) is 0 Å². The number of nitrogens with one attached hydrogen (secondary N) is 1. The maximum absolute atomic E-state index is 7.43. The van der Waals surface area contributed by atoms with Crippen LogP contribution in [0.3, 0.4) is 0 Å². The molecule has 0 spiro atoms. The third-order valence-electron chi connectivity index (χ3n) is 2.31. The fraction of sp³-hybridized carbons (Fsp3) is 0.0769. The zero-order valence-electron chi connectivity index (χ0n) is 9.26. The van der Waals surface area contributed by atoms with Crippen LogP contribution < -0.4 is 10.5 Å². The molecule has 1 heterocycles. The molecule has 0 radical (unpaired) electrons. The van der Waals surface area contributed by atoms with Gasteiger partial charge in [0, 0.05) is 6.20 Å². The molecule has 3 N–H and O–H groups in total. The fourth-order valence-electron chi connectivity index (χ4n) is 1.45. The van der Waals surface area contributed by atoms with Gasteiger partial charge in [-0.05, 0) is 11.6 Å². The molecule has 17 heavy (non-hydrogen) atoms. The molecule has 4 nitrogen and oxygen atoms in total. The van der Waals surface area contributed by atoms with Crippen molar-refractivity contribution < 1.29 is 4.74 Å². The van der Waals surface area contributed by atoms with Crippen LogP contribution >= 0.6 is 0 Å². The van der Waals surface area contributed by atoms with Crippen LogP contribution in [0, 0.1) is 5.41 Å². The molecule has 0 bridgehead atoms. The zero-order valence-corrected chi connectivity index (χ0v) is 9.26. The molecule has 0 unspecified atom stereocenters. The minimum atomic E-state index is -0.0181. The third-order valence-corrected chi connectivity index (χ3v) is 2.31. The van der Waals surface area contributed by atoms with E-state index in [9.17, 15) is 0 Å². The summed E-state index contributed by atoms with van der Waals surface area (Å²) in [5.74, 6) is 0.513. The number of hydrogen-bond donors (Lipinski definition) is 2. The smallest absolute Gasteiger partial charge is 0.148 e. The van der Waals surface area contributed by atoms with Gasteiger partial charge in [0.2, 0.25) is 0 Å². The van der Waals surface area contributed by atoms with E-state index < -0.39 is 0 Å². The molecule has 4 heteroatoms. The topological polar surface area (TPSA) is 72.0 Å². The average molecular weight is 227 g/mol. The van der Waals surface area contributed by atoms with Gasteiger partial charge in [-0.1, -0.05) is 30.3 Å². The molecule has 0 aliphatic heterocycles. The highest BCUT2D eigenvalue weighted by molar-refractivity contribution is 5.97. The number of nitrogens with two attached hydrogens (primary N) is 1. The Morgan fingerprint density at radius 3 is 2.71 bits per heavy atom. The Labute approximate surface area is 99.6 Å². The molecular formula is C13H13N3O. The Morgan fingerprint density at radius 2 is 2.00 bits per heavy atom. The molecule has 1 aromatic heterocycles. The molecule has 0 saturated carbocycles. The van der Waals surface area contributed by atoms with Crippen molar-refractivity contribution in [1.82, 2.24) is 4.98 Å². The number of aromatic nitrogens is 1. The quantitative estimate of drug-likeness (QED) is 0.619. The maximum Gasteiger partial charge on any atom is 0.148 e. The molecular weight excluding hydrogens is 214 g/mol. The van der Waals surface area contributed by atoms with Gasteiger partial charge >= 0.3 is 0 Å². The molecule has 2 aromatic rings. The van der Waals surface area contributed by atoms with Gasteiger partial charge in [0.1, 0.15) is 18.2 Å². The predicted molar refractivity (Wildman–Crippen MR) is 66.0 cm³/mol. The zero-order chi connectivity index (χ0) is 12.1. The number of hydrogen-bond acceptors (Lipinski definition) is 3. The highest BCUT2D eigenvalue weighted by Gasteiger charge is 2.06. The van der Waals surface area contributed by atoms with Crippen molar-refractivity contribution in [3.8, 4) is 5.75 Å². The van der Waals surface area contributed by atoms with Crippen molar-refractivity contribution in [2.45, 2.75) is 6.61 Å². The van der Waals surface area contributed by atoms with E-state index >= 15 is 0 Å². The Bertz CT molecular complexity index is 511. The lowest BCUT2D eigenvalue weighted by atomic mass is 10.2. The number of benzene rings is 1. The van der Waals surface area contributed by atoms with E-state index in [1.165, 1.54) is 0 Å². The largest absolute Gasteiger partial charge is 0.487 e. The molecule has 2 rings (SSSR count). The summed E-state index contributed by atoms with van der Waals surface area (Å²) in [7, 11) is 0. The van der Waals surface area contributed by atoms with E-state index in [1.54, 1.807) is 18.5 Å². The van der Waals surface area contributed by atoms with Crippen molar-refractivity contribution >= 4 is 5.84 Å². The SMILES string of the molecule is N=C(N)c1ccncc1OCc1ccccc1. The lowest BCUT2D eigenvalue weighted by Gasteiger charge is -2.09. The second-order valence-corrected chi connectivity index (χ2v) is 3.56. The van der Waals surface area contributed by atoms with Crippen molar-refractivity contribution in [2.24, 2.45) is 5.73 Å². The number of pyridine rings is 1. The van der Waals surface area contributed by atoms with E-state index in [2.05, 4.69) is 4.98 Å². The van der Waals surface area contributed by atoms with Crippen molar-refractivity contribution in [1.29, 1.82) is 5.41 Å². The van der Waals surface area contributed by atoms with E-state index in [1.807, 2.05) is 30.3 Å². The predicted octanol–water partition coefficient (Wildman–Crippen LogP) is 1.94. The second kappa shape index (κ2) is 5.12. The number of amidine groups is 1. The molecule has 86 valence electrons. The van der Waals surface area contributed by atoms with Gasteiger partial charge < -0.3 is 10.5 Å². The fourth-order valence-corrected chi connectivity index (χ4v) is 1.45. The van der Waals surface area contributed by atoms with Gasteiger partial charge in [-0.15, -0.1) is 0 Å². The summed E-state index contributed by atoms with van der Waals surface area (Å²) in [6, 6.07) is 11.5. The Hall–Kier alpha value is -2.36. The molecule has 0 saturated heterocycles. The van der Waals surface area contributed by atoms with Gasteiger partial charge in [-0.2, -0.15) is 0 Å². The first-order valence-corrected chi connectivity index (χ1v) is 5.22. The third kappa shape index (κ3) is 2.81. The molecule has 0 amide bonds. The molecule has 0 atom stereocenters. The van der Waals surface area contributed by atoms with E-state index in [0.29, 0.717) is 17.9 Å².